The number of piperidine rings is 1. The summed E-state index contributed by atoms with van der Waals surface area (Å²) in [6.07, 6.45) is 2.49. The molecule has 0 aromatic heterocycles. The van der Waals surface area contributed by atoms with Gasteiger partial charge >= 0.3 is 0 Å². The molecular weight excluding hydrogens is 137 g/mol. The van der Waals surface area contributed by atoms with Gasteiger partial charge in [-0.2, -0.15) is 12.6 Å². The molecule has 0 aromatic rings. The average Bonchev–Trinajstić information content (AvgIpc) is 1.77. The van der Waals surface area contributed by atoms with Crippen molar-refractivity contribution in [2.45, 2.75) is 18.1 Å². The largest absolute Gasteiger partial charge is 0.287 e. The predicted octanol–water partition coefficient (Wildman–Crippen LogP) is 1.17. The van der Waals surface area contributed by atoms with Gasteiger partial charge in [-0.3, -0.25) is 4.67 Å². The molecular formula is C5H12NPS. The quantitative estimate of drug-likeness (QED) is 0.399. The molecule has 48 valence electrons. The van der Waals surface area contributed by atoms with Crippen LogP contribution in [0.25, 0.3) is 0 Å². The molecule has 1 aliphatic heterocycles. The fourth-order valence-electron chi connectivity index (χ4n) is 0.886. The van der Waals surface area contributed by atoms with Crippen molar-refractivity contribution in [3.8, 4) is 0 Å². The van der Waals surface area contributed by atoms with Gasteiger partial charge in [0.2, 0.25) is 0 Å². The van der Waals surface area contributed by atoms with E-state index in [1.807, 2.05) is 0 Å². The molecule has 1 nitrogen and oxygen atoms in total. The molecule has 3 heteroatoms. The van der Waals surface area contributed by atoms with Crippen LogP contribution in [0, 0.1) is 0 Å². The Morgan fingerprint density at radius 3 is 2.25 bits per heavy atom. The third-order valence-corrected chi connectivity index (χ3v) is 2.53. The Hall–Kier alpha value is 0.740. The Bertz CT molecular complexity index is 60.8. The molecule has 0 bridgehead atoms. The van der Waals surface area contributed by atoms with Crippen molar-refractivity contribution in [3.63, 3.8) is 0 Å². The molecule has 1 atom stereocenters. The van der Waals surface area contributed by atoms with E-state index in [4.69, 9.17) is 0 Å². The van der Waals surface area contributed by atoms with Crippen molar-refractivity contribution in [3.05, 3.63) is 0 Å². The summed E-state index contributed by atoms with van der Waals surface area (Å²) in [5, 5.41) is 0.659. The summed E-state index contributed by atoms with van der Waals surface area (Å²) in [5.74, 6) is 0. The van der Waals surface area contributed by atoms with Gasteiger partial charge in [-0.15, -0.1) is 0 Å². The minimum Gasteiger partial charge on any atom is -0.287 e. The third kappa shape index (κ3) is 1.93. The molecule has 0 N–H and O–H groups in total. The molecule has 1 aliphatic rings. The Morgan fingerprint density at radius 1 is 1.38 bits per heavy atom. The first kappa shape index (κ1) is 6.85. The summed E-state index contributed by atoms with van der Waals surface area (Å²) in [7, 11) is 2.72. The van der Waals surface area contributed by atoms with Gasteiger partial charge in [0.25, 0.3) is 0 Å². The second kappa shape index (κ2) is 3.05. The number of nitrogens with zero attached hydrogens (tertiary/aromatic N) is 1. The van der Waals surface area contributed by atoms with Crippen LogP contribution in [0.4, 0.5) is 0 Å². The zero-order valence-corrected chi connectivity index (χ0v) is 6.93. The van der Waals surface area contributed by atoms with Crippen LogP contribution < -0.4 is 0 Å². The first-order valence-electron chi connectivity index (χ1n) is 2.97. The monoisotopic (exact) mass is 149 g/mol. The molecule has 1 saturated heterocycles. The summed E-state index contributed by atoms with van der Waals surface area (Å²) < 4.78 is 2.27. The van der Waals surface area contributed by atoms with Gasteiger partial charge in [0.15, 0.2) is 0 Å². The molecule has 0 aromatic carbocycles. The smallest absolute Gasteiger partial charge is 0.00413 e. The normalized spacial score (nSPS) is 26.2. The second-order valence-electron chi connectivity index (χ2n) is 2.27. The van der Waals surface area contributed by atoms with E-state index in [2.05, 4.69) is 26.7 Å². The Labute approximate surface area is 58.5 Å². The highest BCUT2D eigenvalue weighted by molar-refractivity contribution is 7.80. The first-order chi connectivity index (χ1) is 3.79. The third-order valence-electron chi connectivity index (χ3n) is 1.50. The van der Waals surface area contributed by atoms with Crippen molar-refractivity contribution in [2.75, 3.05) is 13.1 Å². The van der Waals surface area contributed by atoms with Crippen LogP contribution in [-0.2, 0) is 0 Å². The molecule has 1 fully saturated rings. The van der Waals surface area contributed by atoms with Gasteiger partial charge in [-0.25, -0.2) is 0 Å². The van der Waals surface area contributed by atoms with Crippen molar-refractivity contribution in [2.24, 2.45) is 0 Å². The zero-order chi connectivity index (χ0) is 5.98. The van der Waals surface area contributed by atoms with Gasteiger partial charge in [-0.1, -0.05) is 9.39 Å². The predicted molar refractivity (Wildman–Crippen MR) is 43.3 cm³/mol. The Balaban J connectivity index is 2.19. The molecule has 0 spiro atoms. The zero-order valence-electron chi connectivity index (χ0n) is 4.88. The van der Waals surface area contributed by atoms with Crippen LogP contribution in [0.2, 0.25) is 0 Å². The summed E-state index contributed by atoms with van der Waals surface area (Å²) in [5.41, 5.74) is 0. The Kier molecular flexibility index (Phi) is 2.61. The lowest BCUT2D eigenvalue weighted by Crippen LogP contribution is -2.25. The first-order valence-corrected chi connectivity index (χ1v) is 4.00. The topological polar surface area (TPSA) is 3.24 Å². The SMILES string of the molecule is PN1CCC(S)CC1. The highest BCUT2D eigenvalue weighted by Crippen LogP contribution is 2.16. The summed E-state index contributed by atoms with van der Waals surface area (Å²) in [6.45, 7) is 2.39. The van der Waals surface area contributed by atoms with E-state index < -0.39 is 0 Å². The molecule has 1 heterocycles. The maximum Gasteiger partial charge on any atom is 0.00413 e. The Morgan fingerprint density at radius 2 is 1.88 bits per heavy atom. The van der Waals surface area contributed by atoms with E-state index in [9.17, 15) is 0 Å². The highest BCUT2D eigenvalue weighted by Gasteiger charge is 2.11. The van der Waals surface area contributed by atoms with Gasteiger partial charge in [0.1, 0.15) is 0 Å². The van der Waals surface area contributed by atoms with Gasteiger partial charge in [0.05, 0.1) is 0 Å². The molecule has 0 radical (unpaired) electrons. The van der Waals surface area contributed by atoms with Crippen molar-refractivity contribution in [1.82, 2.24) is 4.67 Å². The lowest BCUT2D eigenvalue weighted by atomic mass is 10.2. The standard InChI is InChI=1S/C5H12NPS/c7-6-3-1-5(8)2-4-6/h5,8H,1-4,7H2. The molecule has 1 rings (SSSR count). The van der Waals surface area contributed by atoms with Crippen molar-refractivity contribution in [1.29, 1.82) is 0 Å². The van der Waals surface area contributed by atoms with Crippen molar-refractivity contribution < 1.29 is 0 Å². The minimum absolute atomic E-state index is 0.659. The molecule has 8 heavy (non-hydrogen) atoms. The lowest BCUT2D eigenvalue weighted by molar-refractivity contribution is 0.388. The number of hydrogen-bond donors (Lipinski definition) is 1. The van der Waals surface area contributed by atoms with Crippen LogP contribution in [0.5, 0.6) is 0 Å². The van der Waals surface area contributed by atoms with Crippen LogP contribution in [0.15, 0.2) is 0 Å². The lowest BCUT2D eigenvalue weighted by Gasteiger charge is -2.25. The van der Waals surface area contributed by atoms with E-state index in [1.54, 1.807) is 0 Å². The van der Waals surface area contributed by atoms with Crippen LogP contribution in [-0.4, -0.2) is 23.0 Å². The van der Waals surface area contributed by atoms with E-state index in [-0.39, 0.29) is 0 Å². The number of rotatable bonds is 0. The maximum absolute atomic E-state index is 4.37. The van der Waals surface area contributed by atoms with Gasteiger partial charge < -0.3 is 0 Å². The van der Waals surface area contributed by atoms with Crippen LogP contribution in [0.3, 0.4) is 0 Å². The van der Waals surface area contributed by atoms with Crippen LogP contribution >= 0.6 is 22.0 Å². The van der Waals surface area contributed by atoms with Gasteiger partial charge in [0, 0.05) is 18.3 Å². The molecule has 0 amide bonds. The van der Waals surface area contributed by atoms with E-state index in [1.165, 1.54) is 25.9 Å². The van der Waals surface area contributed by atoms with E-state index in [0.717, 1.165) is 0 Å². The average molecular weight is 149 g/mol. The van der Waals surface area contributed by atoms with E-state index in [0.29, 0.717) is 5.25 Å². The summed E-state index contributed by atoms with van der Waals surface area (Å²) >= 11 is 4.37. The van der Waals surface area contributed by atoms with Gasteiger partial charge in [-0.05, 0) is 12.8 Å². The molecule has 0 saturated carbocycles. The fraction of sp³-hybridized carbons (Fsp3) is 1.00. The maximum atomic E-state index is 4.37. The highest BCUT2D eigenvalue weighted by atomic mass is 32.1. The molecule has 1 unspecified atom stereocenters. The second-order valence-corrected chi connectivity index (χ2v) is 3.73. The van der Waals surface area contributed by atoms with Crippen molar-refractivity contribution >= 4 is 22.0 Å². The fourth-order valence-corrected chi connectivity index (χ4v) is 1.41. The van der Waals surface area contributed by atoms with E-state index >= 15 is 0 Å². The summed E-state index contributed by atoms with van der Waals surface area (Å²) in [4.78, 5) is 0. The molecule has 0 aliphatic carbocycles. The number of thiol groups is 1. The minimum atomic E-state index is 0.659. The summed E-state index contributed by atoms with van der Waals surface area (Å²) in [6, 6.07) is 0. The number of hydrogen-bond acceptors (Lipinski definition) is 2. The van der Waals surface area contributed by atoms with Crippen LogP contribution in [0.1, 0.15) is 12.8 Å².